The number of phenolic OH excluding ortho intramolecular Hbond substituents is 1. The van der Waals surface area contributed by atoms with Gasteiger partial charge >= 0.3 is 5.97 Å². The van der Waals surface area contributed by atoms with Crippen LogP contribution in [0.5, 0.6) is 5.75 Å². The van der Waals surface area contributed by atoms with Crippen molar-refractivity contribution in [2.75, 3.05) is 18.0 Å². The van der Waals surface area contributed by atoms with Crippen molar-refractivity contribution in [1.82, 2.24) is 0 Å². The quantitative estimate of drug-likeness (QED) is 0.814. The van der Waals surface area contributed by atoms with Gasteiger partial charge in [-0.15, -0.1) is 0 Å². The highest BCUT2D eigenvalue weighted by molar-refractivity contribution is 5.68. The van der Waals surface area contributed by atoms with Gasteiger partial charge in [0.25, 0.3) is 0 Å². The first-order valence-electron chi connectivity index (χ1n) is 5.46. The number of hydrogen-bond acceptors (Lipinski definition) is 3. The maximum absolute atomic E-state index is 10.5. The van der Waals surface area contributed by atoms with Crippen LogP contribution in [0.1, 0.15) is 18.4 Å². The van der Waals surface area contributed by atoms with Gasteiger partial charge in [0.1, 0.15) is 5.75 Å². The molecule has 0 fully saturated rings. The van der Waals surface area contributed by atoms with Crippen LogP contribution in [-0.4, -0.2) is 29.3 Å². The Labute approximate surface area is 94.1 Å². The highest BCUT2D eigenvalue weighted by Gasteiger charge is 2.19. The summed E-state index contributed by atoms with van der Waals surface area (Å²) >= 11 is 0. The van der Waals surface area contributed by atoms with E-state index in [0.717, 1.165) is 30.6 Å². The molecule has 1 aromatic carbocycles. The van der Waals surface area contributed by atoms with Gasteiger partial charge in [0.15, 0.2) is 0 Å². The van der Waals surface area contributed by atoms with Crippen molar-refractivity contribution in [3.05, 3.63) is 23.8 Å². The Balaban J connectivity index is 2.19. The van der Waals surface area contributed by atoms with Crippen LogP contribution in [-0.2, 0) is 11.2 Å². The Hall–Kier alpha value is -1.71. The zero-order valence-electron chi connectivity index (χ0n) is 9.02. The van der Waals surface area contributed by atoms with E-state index < -0.39 is 5.97 Å². The SMILES string of the molecule is O=C(O)CCN1CCCc2c(O)cccc21. The van der Waals surface area contributed by atoms with Gasteiger partial charge in [0.2, 0.25) is 0 Å². The van der Waals surface area contributed by atoms with E-state index in [0.29, 0.717) is 12.3 Å². The van der Waals surface area contributed by atoms with Crippen LogP contribution in [0.15, 0.2) is 18.2 Å². The van der Waals surface area contributed by atoms with E-state index in [1.807, 2.05) is 11.0 Å². The first kappa shape index (κ1) is 10.8. The van der Waals surface area contributed by atoms with Gasteiger partial charge in [-0.1, -0.05) is 6.07 Å². The van der Waals surface area contributed by atoms with E-state index in [2.05, 4.69) is 0 Å². The summed E-state index contributed by atoms with van der Waals surface area (Å²) in [5.41, 5.74) is 1.92. The van der Waals surface area contributed by atoms with Crippen LogP contribution in [0, 0.1) is 0 Å². The number of aliphatic carboxylic acids is 1. The van der Waals surface area contributed by atoms with Crippen molar-refractivity contribution >= 4 is 11.7 Å². The topological polar surface area (TPSA) is 60.8 Å². The minimum atomic E-state index is -0.785. The largest absolute Gasteiger partial charge is 0.508 e. The molecule has 4 heteroatoms. The average Bonchev–Trinajstić information content (AvgIpc) is 2.27. The molecule has 0 saturated heterocycles. The average molecular weight is 221 g/mol. The lowest BCUT2D eigenvalue weighted by Gasteiger charge is -2.31. The lowest BCUT2D eigenvalue weighted by Crippen LogP contribution is -2.31. The minimum Gasteiger partial charge on any atom is -0.508 e. The van der Waals surface area contributed by atoms with Crippen molar-refractivity contribution in [2.45, 2.75) is 19.3 Å². The number of benzene rings is 1. The van der Waals surface area contributed by atoms with E-state index >= 15 is 0 Å². The van der Waals surface area contributed by atoms with Crippen molar-refractivity contribution in [3.63, 3.8) is 0 Å². The van der Waals surface area contributed by atoms with Gasteiger partial charge in [-0.25, -0.2) is 0 Å². The third kappa shape index (κ3) is 2.10. The van der Waals surface area contributed by atoms with Gasteiger partial charge < -0.3 is 15.1 Å². The fourth-order valence-electron chi connectivity index (χ4n) is 2.15. The number of anilines is 1. The van der Waals surface area contributed by atoms with E-state index in [1.165, 1.54) is 0 Å². The van der Waals surface area contributed by atoms with Crippen molar-refractivity contribution < 1.29 is 15.0 Å². The summed E-state index contributed by atoms with van der Waals surface area (Å²) in [5.74, 6) is -0.468. The molecule has 0 atom stereocenters. The Morgan fingerprint density at radius 3 is 3.00 bits per heavy atom. The summed E-state index contributed by atoms with van der Waals surface area (Å²) in [7, 11) is 0. The van der Waals surface area contributed by atoms with Crippen LogP contribution in [0.4, 0.5) is 5.69 Å². The van der Waals surface area contributed by atoms with Gasteiger partial charge in [-0.05, 0) is 25.0 Å². The van der Waals surface area contributed by atoms with Crippen molar-refractivity contribution in [2.24, 2.45) is 0 Å². The molecule has 0 amide bonds. The third-order valence-corrected chi connectivity index (χ3v) is 2.92. The maximum Gasteiger partial charge on any atom is 0.305 e. The van der Waals surface area contributed by atoms with Crippen LogP contribution >= 0.6 is 0 Å². The molecule has 1 aliphatic heterocycles. The van der Waals surface area contributed by atoms with E-state index in [4.69, 9.17) is 5.11 Å². The third-order valence-electron chi connectivity index (χ3n) is 2.92. The van der Waals surface area contributed by atoms with Crippen LogP contribution < -0.4 is 4.90 Å². The molecule has 0 saturated carbocycles. The zero-order valence-corrected chi connectivity index (χ0v) is 9.02. The number of rotatable bonds is 3. The summed E-state index contributed by atoms with van der Waals surface area (Å²) in [6.45, 7) is 1.37. The molecular formula is C12H15NO3. The highest BCUT2D eigenvalue weighted by atomic mass is 16.4. The second-order valence-electron chi connectivity index (χ2n) is 4.01. The van der Waals surface area contributed by atoms with Crippen molar-refractivity contribution in [3.8, 4) is 5.75 Å². The number of carbonyl (C=O) groups is 1. The standard InChI is InChI=1S/C12H15NO3/c14-11-5-1-4-10-9(11)3-2-7-13(10)8-6-12(15)16/h1,4-5,14H,2-3,6-8H2,(H,15,16). The molecule has 1 heterocycles. The first-order valence-corrected chi connectivity index (χ1v) is 5.46. The minimum absolute atomic E-state index is 0.134. The normalized spacial score (nSPS) is 14.6. The fourth-order valence-corrected chi connectivity index (χ4v) is 2.15. The van der Waals surface area contributed by atoms with Gasteiger partial charge in [-0.2, -0.15) is 0 Å². The Morgan fingerprint density at radius 1 is 1.44 bits per heavy atom. The molecule has 1 aliphatic rings. The molecule has 2 N–H and O–H groups in total. The molecule has 1 aromatic rings. The van der Waals surface area contributed by atoms with Gasteiger partial charge in [-0.3, -0.25) is 4.79 Å². The molecule has 0 bridgehead atoms. The summed E-state index contributed by atoms with van der Waals surface area (Å²) in [5, 5.41) is 18.4. The molecule has 4 nitrogen and oxygen atoms in total. The van der Waals surface area contributed by atoms with E-state index in [1.54, 1.807) is 12.1 Å². The predicted octanol–water partition coefficient (Wildman–Crippen LogP) is 1.62. The monoisotopic (exact) mass is 221 g/mol. The molecule has 16 heavy (non-hydrogen) atoms. The smallest absolute Gasteiger partial charge is 0.305 e. The molecule has 86 valence electrons. The molecular weight excluding hydrogens is 206 g/mol. The predicted molar refractivity (Wildman–Crippen MR) is 60.9 cm³/mol. The number of fused-ring (bicyclic) bond motifs is 1. The number of aromatic hydroxyl groups is 1. The molecule has 0 unspecified atom stereocenters. The first-order chi connectivity index (χ1) is 7.68. The lowest BCUT2D eigenvalue weighted by atomic mass is 10.0. The number of hydrogen-bond donors (Lipinski definition) is 2. The summed E-state index contributed by atoms with van der Waals surface area (Å²) < 4.78 is 0. The van der Waals surface area contributed by atoms with Gasteiger partial charge in [0.05, 0.1) is 6.42 Å². The number of nitrogens with zero attached hydrogens (tertiary/aromatic N) is 1. The van der Waals surface area contributed by atoms with Crippen molar-refractivity contribution in [1.29, 1.82) is 0 Å². The number of carboxylic acid groups (broad SMARTS) is 1. The molecule has 0 radical (unpaired) electrons. The number of carboxylic acids is 1. The number of phenols is 1. The van der Waals surface area contributed by atoms with Crippen LogP contribution in [0.25, 0.3) is 0 Å². The lowest BCUT2D eigenvalue weighted by molar-refractivity contribution is -0.136. The molecule has 0 aliphatic carbocycles. The van der Waals surface area contributed by atoms with E-state index in [-0.39, 0.29) is 6.42 Å². The Kier molecular flexibility index (Phi) is 2.99. The molecule has 0 spiro atoms. The maximum atomic E-state index is 10.5. The van der Waals surface area contributed by atoms with E-state index in [9.17, 15) is 9.90 Å². The van der Waals surface area contributed by atoms with Gasteiger partial charge in [0, 0.05) is 24.3 Å². The fraction of sp³-hybridized carbons (Fsp3) is 0.417. The summed E-state index contributed by atoms with van der Waals surface area (Å²) in [4.78, 5) is 12.6. The highest BCUT2D eigenvalue weighted by Crippen LogP contribution is 2.33. The summed E-state index contributed by atoms with van der Waals surface area (Å²) in [6, 6.07) is 5.42. The van der Waals surface area contributed by atoms with Crippen LogP contribution in [0.3, 0.4) is 0 Å². The molecule has 0 aromatic heterocycles. The Bertz CT molecular complexity index is 403. The van der Waals surface area contributed by atoms with Crippen LogP contribution in [0.2, 0.25) is 0 Å². The Morgan fingerprint density at radius 2 is 2.25 bits per heavy atom. The second kappa shape index (κ2) is 4.43. The molecule has 2 rings (SSSR count). The second-order valence-corrected chi connectivity index (χ2v) is 4.01. The summed E-state index contributed by atoms with van der Waals surface area (Å²) in [6.07, 6.45) is 1.96. The zero-order chi connectivity index (χ0) is 11.5.